The van der Waals surface area contributed by atoms with Crippen LogP contribution < -0.4 is 9.47 Å². The smallest absolute Gasteiger partial charge is 0.377 e. The van der Waals surface area contributed by atoms with Crippen molar-refractivity contribution in [1.29, 1.82) is 0 Å². The molecule has 2 aromatic rings. The summed E-state index contributed by atoms with van der Waals surface area (Å²) in [5, 5.41) is 4.25. The lowest BCUT2D eigenvalue weighted by molar-refractivity contribution is -0.144. The van der Waals surface area contributed by atoms with Gasteiger partial charge in [0, 0.05) is 30.3 Å². The summed E-state index contributed by atoms with van der Waals surface area (Å²) in [6, 6.07) is 5.52. The molecular weight excluding hydrogens is 452 g/mol. The maximum atomic E-state index is 12.7. The van der Waals surface area contributed by atoms with Gasteiger partial charge in [0.25, 0.3) is 0 Å². The molecule has 0 saturated heterocycles. The van der Waals surface area contributed by atoms with Gasteiger partial charge in [-0.05, 0) is 51.2 Å². The van der Waals surface area contributed by atoms with Gasteiger partial charge in [0.2, 0.25) is 5.76 Å². The standard InChI is InChI=1S/C26H34N2O7/c1-5-33-23(29)17-28(15-19-12-13-20(31-3)14-22(19)32-4)16-21-24(18-10-8-7-9-11-18)27-35-25(21)26(30)34-6-2/h10,12-14H,5-9,11,15-17H2,1-4H3. The Morgan fingerprint density at radius 2 is 1.86 bits per heavy atom. The first-order chi connectivity index (χ1) is 17.0. The summed E-state index contributed by atoms with van der Waals surface area (Å²) < 4.78 is 26.8. The third kappa shape index (κ3) is 6.85. The topological polar surface area (TPSA) is 100 Å². The number of methoxy groups -OCH3 is 2. The Morgan fingerprint density at radius 1 is 1.06 bits per heavy atom. The Labute approximate surface area is 205 Å². The second-order valence-electron chi connectivity index (χ2n) is 8.16. The Balaban J connectivity index is 1.98. The van der Waals surface area contributed by atoms with E-state index in [1.165, 1.54) is 0 Å². The lowest BCUT2D eigenvalue weighted by atomic mass is 9.94. The number of ether oxygens (including phenoxy) is 4. The maximum Gasteiger partial charge on any atom is 0.377 e. The summed E-state index contributed by atoms with van der Waals surface area (Å²) in [7, 11) is 3.17. The number of hydrogen-bond acceptors (Lipinski definition) is 9. The second-order valence-corrected chi connectivity index (χ2v) is 8.16. The first kappa shape index (κ1) is 26.3. The summed E-state index contributed by atoms with van der Waals surface area (Å²) in [6.07, 6.45) is 6.11. The van der Waals surface area contributed by atoms with Gasteiger partial charge in [0.15, 0.2) is 0 Å². The molecule has 190 valence electrons. The lowest BCUT2D eigenvalue weighted by Crippen LogP contribution is -2.31. The van der Waals surface area contributed by atoms with Crippen molar-refractivity contribution in [3.05, 3.63) is 46.9 Å². The first-order valence-corrected chi connectivity index (χ1v) is 11.9. The average molecular weight is 487 g/mol. The Hall–Kier alpha value is -3.33. The van der Waals surface area contributed by atoms with E-state index in [9.17, 15) is 9.59 Å². The highest BCUT2D eigenvalue weighted by Gasteiger charge is 2.28. The number of rotatable bonds is 12. The van der Waals surface area contributed by atoms with Crippen LogP contribution in [0.15, 0.2) is 28.8 Å². The van der Waals surface area contributed by atoms with Gasteiger partial charge in [-0.1, -0.05) is 17.3 Å². The number of carbonyl (C=O) groups excluding carboxylic acids is 2. The summed E-state index contributed by atoms with van der Waals surface area (Å²) in [6.45, 7) is 4.60. The SMILES string of the molecule is CCOC(=O)CN(Cc1ccc(OC)cc1OC)Cc1c(C2=CCCCC2)noc1C(=O)OCC. The Morgan fingerprint density at radius 3 is 2.51 bits per heavy atom. The predicted molar refractivity (Wildman–Crippen MR) is 129 cm³/mol. The van der Waals surface area contributed by atoms with Crippen LogP contribution in [0.5, 0.6) is 11.5 Å². The fourth-order valence-corrected chi connectivity index (χ4v) is 4.12. The highest BCUT2D eigenvalue weighted by molar-refractivity contribution is 5.89. The van der Waals surface area contributed by atoms with Crippen molar-refractivity contribution >= 4 is 17.5 Å². The molecule has 1 aliphatic carbocycles. The molecule has 3 rings (SSSR count). The van der Waals surface area contributed by atoms with Crippen LogP contribution >= 0.6 is 0 Å². The van der Waals surface area contributed by atoms with Crippen LogP contribution in [0.3, 0.4) is 0 Å². The van der Waals surface area contributed by atoms with Gasteiger partial charge in [-0.15, -0.1) is 0 Å². The van der Waals surface area contributed by atoms with Crippen LogP contribution in [0.1, 0.15) is 66.9 Å². The quantitative estimate of drug-likeness (QED) is 0.404. The summed E-state index contributed by atoms with van der Waals surface area (Å²) in [4.78, 5) is 27.0. The molecule has 0 atom stereocenters. The molecule has 1 aromatic heterocycles. The molecule has 0 N–H and O–H groups in total. The van der Waals surface area contributed by atoms with Gasteiger partial charge < -0.3 is 23.5 Å². The number of hydrogen-bond donors (Lipinski definition) is 0. The van der Waals surface area contributed by atoms with E-state index < -0.39 is 5.97 Å². The van der Waals surface area contributed by atoms with E-state index in [1.54, 1.807) is 34.1 Å². The van der Waals surface area contributed by atoms with Crippen molar-refractivity contribution in [3.8, 4) is 11.5 Å². The fourth-order valence-electron chi connectivity index (χ4n) is 4.12. The van der Waals surface area contributed by atoms with Crippen LogP contribution in [0.4, 0.5) is 0 Å². The Kier molecular flexibility index (Phi) is 9.72. The third-order valence-electron chi connectivity index (χ3n) is 5.77. The van der Waals surface area contributed by atoms with Crippen molar-refractivity contribution < 1.29 is 33.1 Å². The van der Waals surface area contributed by atoms with Crippen LogP contribution in [0.2, 0.25) is 0 Å². The second kappa shape index (κ2) is 12.9. The summed E-state index contributed by atoms with van der Waals surface area (Å²) >= 11 is 0. The average Bonchev–Trinajstić information content (AvgIpc) is 3.28. The number of carbonyl (C=O) groups is 2. The van der Waals surface area contributed by atoms with Crippen molar-refractivity contribution in [2.45, 2.75) is 52.6 Å². The molecule has 0 unspecified atom stereocenters. The number of benzene rings is 1. The minimum absolute atomic E-state index is 0.00889. The molecule has 0 amide bonds. The number of nitrogens with zero attached hydrogens (tertiary/aromatic N) is 2. The molecule has 1 aromatic carbocycles. The molecule has 0 fully saturated rings. The van der Waals surface area contributed by atoms with E-state index in [-0.39, 0.29) is 38.0 Å². The van der Waals surface area contributed by atoms with Gasteiger partial charge in [0.05, 0.1) is 34.0 Å². The number of aromatic nitrogens is 1. The molecule has 0 bridgehead atoms. The first-order valence-electron chi connectivity index (χ1n) is 11.9. The molecule has 9 nitrogen and oxygen atoms in total. The van der Waals surface area contributed by atoms with Crippen molar-refractivity contribution in [2.75, 3.05) is 34.0 Å². The molecule has 0 spiro atoms. The molecule has 0 radical (unpaired) electrons. The van der Waals surface area contributed by atoms with Crippen LogP contribution in [0.25, 0.3) is 5.57 Å². The van der Waals surface area contributed by atoms with Crippen LogP contribution in [-0.2, 0) is 27.4 Å². The predicted octanol–water partition coefficient (Wildman–Crippen LogP) is 4.39. The van der Waals surface area contributed by atoms with Crippen molar-refractivity contribution in [2.24, 2.45) is 0 Å². The molecule has 0 saturated carbocycles. The van der Waals surface area contributed by atoms with Crippen LogP contribution in [-0.4, -0.2) is 56.0 Å². The molecule has 1 heterocycles. The minimum Gasteiger partial charge on any atom is -0.497 e. The lowest BCUT2D eigenvalue weighted by Gasteiger charge is -2.23. The zero-order chi connectivity index (χ0) is 25.2. The highest BCUT2D eigenvalue weighted by atomic mass is 16.6. The van der Waals surface area contributed by atoms with E-state index in [1.807, 2.05) is 17.0 Å². The third-order valence-corrected chi connectivity index (χ3v) is 5.77. The maximum absolute atomic E-state index is 12.7. The van der Waals surface area contributed by atoms with E-state index in [4.69, 9.17) is 23.5 Å². The van der Waals surface area contributed by atoms with Gasteiger partial charge >= 0.3 is 11.9 Å². The molecule has 35 heavy (non-hydrogen) atoms. The largest absolute Gasteiger partial charge is 0.497 e. The summed E-state index contributed by atoms with van der Waals surface area (Å²) in [5.74, 6) is 0.411. The van der Waals surface area contributed by atoms with Crippen LogP contribution in [0, 0.1) is 0 Å². The normalized spacial score (nSPS) is 13.3. The molecular formula is C26H34N2O7. The highest BCUT2D eigenvalue weighted by Crippen LogP contribution is 2.32. The van der Waals surface area contributed by atoms with Crippen molar-refractivity contribution in [1.82, 2.24) is 10.1 Å². The summed E-state index contributed by atoms with van der Waals surface area (Å²) in [5.41, 5.74) is 3.14. The van der Waals surface area contributed by atoms with E-state index in [0.29, 0.717) is 29.3 Å². The van der Waals surface area contributed by atoms with E-state index >= 15 is 0 Å². The van der Waals surface area contributed by atoms with E-state index in [0.717, 1.165) is 36.8 Å². The Bertz CT molecular complexity index is 1040. The minimum atomic E-state index is -0.573. The van der Waals surface area contributed by atoms with Gasteiger partial charge in [-0.25, -0.2) is 4.79 Å². The monoisotopic (exact) mass is 486 g/mol. The fraction of sp³-hybridized carbons (Fsp3) is 0.500. The zero-order valence-corrected chi connectivity index (χ0v) is 20.9. The molecule has 0 aliphatic heterocycles. The zero-order valence-electron chi connectivity index (χ0n) is 20.9. The molecule has 1 aliphatic rings. The number of allylic oxidation sites excluding steroid dienone is 2. The van der Waals surface area contributed by atoms with Crippen molar-refractivity contribution in [3.63, 3.8) is 0 Å². The molecule has 9 heteroatoms. The van der Waals surface area contributed by atoms with E-state index in [2.05, 4.69) is 11.2 Å². The van der Waals surface area contributed by atoms with Gasteiger partial charge in [-0.2, -0.15) is 0 Å². The number of esters is 2. The van der Waals surface area contributed by atoms with Gasteiger partial charge in [-0.3, -0.25) is 9.69 Å². The van der Waals surface area contributed by atoms with Gasteiger partial charge in [0.1, 0.15) is 17.2 Å².